The number of rotatable bonds is 6. The van der Waals surface area contributed by atoms with Crippen molar-refractivity contribution in [1.82, 2.24) is 5.32 Å². The predicted molar refractivity (Wildman–Crippen MR) is 65.0 cm³/mol. The number of piperidine rings is 1. The Kier molecular flexibility index (Phi) is 5.62. The van der Waals surface area contributed by atoms with Crippen LogP contribution in [0.3, 0.4) is 0 Å². The van der Waals surface area contributed by atoms with E-state index in [4.69, 9.17) is 0 Å². The van der Waals surface area contributed by atoms with E-state index in [1.165, 1.54) is 25.7 Å². The summed E-state index contributed by atoms with van der Waals surface area (Å²) < 4.78 is 0. The molecule has 0 bridgehead atoms. The van der Waals surface area contributed by atoms with E-state index in [-0.39, 0.29) is 5.60 Å². The molecule has 0 spiro atoms. The van der Waals surface area contributed by atoms with E-state index in [0.29, 0.717) is 0 Å². The summed E-state index contributed by atoms with van der Waals surface area (Å²) in [7, 11) is 0. The van der Waals surface area contributed by atoms with Crippen LogP contribution in [0, 0.1) is 5.92 Å². The molecule has 15 heavy (non-hydrogen) atoms. The molecule has 1 heterocycles. The van der Waals surface area contributed by atoms with Gasteiger partial charge in [0.15, 0.2) is 0 Å². The van der Waals surface area contributed by atoms with Gasteiger partial charge >= 0.3 is 0 Å². The zero-order chi connectivity index (χ0) is 11.1. The Morgan fingerprint density at radius 2 is 1.67 bits per heavy atom. The predicted octanol–water partition coefficient (Wildman–Crippen LogP) is 2.71. The summed E-state index contributed by atoms with van der Waals surface area (Å²) in [5.74, 6) is 0.739. The minimum absolute atomic E-state index is 0.361. The van der Waals surface area contributed by atoms with Gasteiger partial charge in [-0.15, -0.1) is 0 Å². The molecule has 1 aliphatic rings. The van der Waals surface area contributed by atoms with Crippen LogP contribution in [-0.2, 0) is 0 Å². The van der Waals surface area contributed by atoms with Gasteiger partial charge < -0.3 is 10.4 Å². The fraction of sp³-hybridized carbons (Fsp3) is 1.00. The molecular formula is C13H27NO. The average molecular weight is 213 g/mol. The second kappa shape index (κ2) is 6.49. The topological polar surface area (TPSA) is 32.3 Å². The molecule has 2 heteroatoms. The van der Waals surface area contributed by atoms with Crippen LogP contribution < -0.4 is 5.32 Å². The van der Waals surface area contributed by atoms with Crippen molar-refractivity contribution in [2.75, 3.05) is 13.1 Å². The van der Waals surface area contributed by atoms with Gasteiger partial charge in [-0.05, 0) is 38.3 Å². The number of hydrogen-bond donors (Lipinski definition) is 2. The maximum atomic E-state index is 10.5. The Labute approximate surface area is 94.5 Å². The summed E-state index contributed by atoms with van der Waals surface area (Å²) >= 11 is 0. The van der Waals surface area contributed by atoms with Crippen LogP contribution in [0.5, 0.6) is 0 Å². The van der Waals surface area contributed by atoms with Crippen molar-refractivity contribution in [3.8, 4) is 0 Å². The highest BCUT2D eigenvalue weighted by Crippen LogP contribution is 2.30. The second-order valence-corrected chi connectivity index (χ2v) is 5.12. The monoisotopic (exact) mass is 213 g/mol. The molecule has 1 rings (SSSR count). The molecule has 1 saturated heterocycles. The lowest BCUT2D eigenvalue weighted by molar-refractivity contribution is -0.0139. The van der Waals surface area contributed by atoms with E-state index in [2.05, 4.69) is 19.2 Å². The van der Waals surface area contributed by atoms with Crippen molar-refractivity contribution in [2.24, 2.45) is 5.92 Å². The highest BCUT2D eigenvalue weighted by Gasteiger charge is 2.31. The van der Waals surface area contributed by atoms with Crippen LogP contribution in [-0.4, -0.2) is 23.8 Å². The normalized spacial score (nSPS) is 20.8. The largest absolute Gasteiger partial charge is 0.390 e. The van der Waals surface area contributed by atoms with Crippen LogP contribution in [0.25, 0.3) is 0 Å². The smallest absolute Gasteiger partial charge is 0.0674 e. The van der Waals surface area contributed by atoms with Crippen molar-refractivity contribution in [3.63, 3.8) is 0 Å². The van der Waals surface area contributed by atoms with Gasteiger partial charge in [-0.3, -0.25) is 0 Å². The minimum Gasteiger partial charge on any atom is -0.390 e. The Hall–Kier alpha value is -0.0800. The SMILES string of the molecule is CCCC(CCC)CC1(O)CCNCC1. The molecule has 1 fully saturated rings. The van der Waals surface area contributed by atoms with Gasteiger partial charge in [0.25, 0.3) is 0 Å². The molecule has 0 radical (unpaired) electrons. The van der Waals surface area contributed by atoms with Crippen molar-refractivity contribution < 1.29 is 5.11 Å². The fourth-order valence-electron chi connectivity index (χ4n) is 2.80. The lowest BCUT2D eigenvalue weighted by Gasteiger charge is -2.35. The van der Waals surface area contributed by atoms with Crippen LogP contribution in [0.4, 0.5) is 0 Å². The highest BCUT2D eigenvalue weighted by atomic mass is 16.3. The minimum atomic E-state index is -0.361. The number of hydrogen-bond acceptors (Lipinski definition) is 2. The molecule has 2 nitrogen and oxygen atoms in total. The van der Waals surface area contributed by atoms with Gasteiger partial charge in [-0.25, -0.2) is 0 Å². The van der Waals surface area contributed by atoms with E-state index >= 15 is 0 Å². The van der Waals surface area contributed by atoms with E-state index < -0.39 is 0 Å². The van der Waals surface area contributed by atoms with Gasteiger partial charge in [0.1, 0.15) is 0 Å². The number of aliphatic hydroxyl groups is 1. The molecular weight excluding hydrogens is 186 g/mol. The third-order valence-corrected chi connectivity index (χ3v) is 3.60. The lowest BCUT2D eigenvalue weighted by atomic mass is 9.80. The van der Waals surface area contributed by atoms with E-state index in [1.807, 2.05) is 0 Å². The third-order valence-electron chi connectivity index (χ3n) is 3.60. The van der Waals surface area contributed by atoms with Crippen LogP contribution in [0.15, 0.2) is 0 Å². The van der Waals surface area contributed by atoms with Crippen LogP contribution >= 0.6 is 0 Å². The van der Waals surface area contributed by atoms with Crippen LogP contribution in [0.1, 0.15) is 58.8 Å². The summed E-state index contributed by atoms with van der Waals surface area (Å²) in [6.45, 7) is 6.47. The van der Waals surface area contributed by atoms with Gasteiger partial charge in [0.2, 0.25) is 0 Å². The van der Waals surface area contributed by atoms with Gasteiger partial charge in [-0.2, -0.15) is 0 Å². The van der Waals surface area contributed by atoms with Crippen molar-refractivity contribution in [3.05, 3.63) is 0 Å². The van der Waals surface area contributed by atoms with Gasteiger partial charge in [0, 0.05) is 0 Å². The summed E-state index contributed by atoms with van der Waals surface area (Å²) in [6, 6.07) is 0. The van der Waals surface area contributed by atoms with E-state index in [0.717, 1.165) is 38.3 Å². The second-order valence-electron chi connectivity index (χ2n) is 5.12. The van der Waals surface area contributed by atoms with Gasteiger partial charge in [0.05, 0.1) is 5.60 Å². The fourth-order valence-corrected chi connectivity index (χ4v) is 2.80. The third kappa shape index (κ3) is 4.52. The average Bonchev–Trinajstić information content (AvgIpc) is 2.19. The maximum absolute atomic E-state index is 10.5. The molecule has 0 aromatic carbocycles. The standard InChI is InChI=1S/C13H27NO/c1-3-5-12(6-4-2)11-13(15)7-9-14-10-8-13/h12,14-15H,3-11H2,1-2H3. The quantitative estimate of drug-likeness (QED) is 0.711. The molecule has 90 valence electrons. The summed E-state index contributed by atoms with van der Waals surface area (Å²) in [6.07, 6.45) is 7.97. The van der Waals surface area contributed by atoms with Crippen molar-refractivity contribution >= 4 is 0 Å². The highest BCUT2D eigenvalue weighted by molar-refractivity contribution is 4.86. The number of nitrogens with one attached hydrogen (secondary N) is 1. The Morgan fingerprint density at radius 3 is 2.13 bits per heavy atom. The zero-order valence-electron chi connectivity index (χ0n) is 10.4. The Morgan fingerprint density at radius 1 is 1.13 bits per heavy atom. The first-order valence-electron chi connectivity index (χ1n) is 6.63. The first kappa shape index (κ1) is 13.0. The Balaban J connectivity index is 2.39. The molecule has 0 amide bonds. The first-order valence-corrected chi connectivity index (χ1v) is 6.63. The van der Waals surface area contributed by atoms with Crippen molar-refractivity contribution in [2.45, 2.75) is 64.4 Å². The molecule has 2 N–H and O–H groups in total. The van der Waals surface area contributed by atoms with Crippen LogP contribution in [0.2, 0.25) is 0 Å². The maximum Gasteiger partial charge on any atom is 0.0674 e. The summed E-state index contributed by atoms with van der Waals surface area (Å²) in [5.41, 5.74) is -0.361. The molecule has 0 aromatic heterocycles. The summed E-state index contributed by atoms with van der Waals surface area (Å²) in [5, 5.41) is 13.8. The Bertz CT molecular complexity index is 158. The van der Waals surface area contributed by atoms with E-state index in [1.54, 1.807) is 0 Å². The molecule has 1 aliphatic heterocycles. The van der Waals surface area contributed by atoms with Gasteiger partial charge in [-0.1, -0.05) is 39.5 Å². The summed E-state index contributed by atoms with van der Waals surface area (Å²) in [4.78, 5) is 0. The van der Waals surface area contributed by atoms with E-state index in [9.17, 15) is 5.11 Å². The lowest BCUT2D eigenvalue weighted by Crippen LogP contribution is -2.43. The molecule has 0 atom stereocenters. The molecule has 0 unspecified atom stereocenters. The van der Waals surface area contributed by atoms with Crippen molar-refractivity contribution in [1.29, 1.82) is 0 Å². The first-order chi connectivity index (χ1) is 7.20. The zero-order valence-corrected chi connectivity index (χ0v) is 10.4. The molecule has 0 saturated carbocycles. The molecule has 0 aliphatic carbocycles. The molecule has 0 aromatic rings.